The quantitative estimate of drug-likeness (QED) is 0.229. The lowest BCUT2D eigenvalue weighted by atomic mass is 9.75. The van der Waals surface area contributed by atoms with E-state index in [2.05, 4.69) is 37.9 Å². The molecule has 5 nitrogen and oxygen atoms in total. The highest BCUT2D eigenvalue weighted by Crippen LogP contribution is 2.49. The summed E-state index contributed by atoms with van der Waals surface area (Å²) in [6.07, 6.45) is 11.3. The maximum Gasteiger partial charge on any atom is 0.275 e. The van der Waals surface area contributed by atoms with Crippen molar-refractivity contribution in [1.29, 1.82) is 0 Å². The fourth-order valence-electron chi connectivity index (χ4n) is 7.01. The molecule has 2 aliphatic rings. The first kappa shape index (κ1) is 32.5. The van der Waals surface area contributed by atoms with Crippen LogP contribution in [-0.2, 0) is 4.79 Å². The molecule has 1 aliphatic carbocycles. The van der Waals surface area contributed by atoms with E-state index in [1.165, 1.54) is 12.8 Å². The van der Waals surface area contributed by atoms with Gasteiger partial charge in [-0.15, -0.1) is 0 Å². The molecule has 0 saturated heterocycles. The summed E-state index contributed by atoms with van der Waals surface area (Å²) >= 11 is 12.8. The molecule has 1 spiro atoms. The van der Waals surface area contributed by atoms with Crippen LogP contribution in [0.15, 0.2) is 47.5 Å². The first-order valence-electron chi connectivity index (χ1n) is 16.0. The van der Waals surface area contributed by atoms with Crippen molar-refractivity contribution in [2.75, 3.05) is 6.54 Å². The zero-order chi connectivity index (χ0) is 30.3. The van der Waals surface area contributed by atoms with E-state index in [4.69, 9.17) is 28.2 Å². The van der Waals surface area contributed by atoms with Gasteiger partial charge in [0.2, 0.25) is 0 Å². The first-order chi connectivity index (χ1) is 20.2. The second-order valence-electron chi connectivity index (χ2n) is 12.6. The zero-order valence-electron chi connectivity index (χ0n) is 25.7. The number of carbonyl (C=O) groups excluding carboxylic acids is 2. The van der Waals surface area contributed by atoms with E-state index in [0.717, 1.165) is 63.4 Å². The van der Waals surface area contributed by atoms with Gasteiger partial charge in [-0.25, -0.2) is 0 Å². The number of nitrogens with one attached hydrogen (secondary N) is 1. The lowest BCUT2D eigenvalue weighted by molar-refractivity contribution is -0.134. The van der Waals surface area contributed by atoms with Crippen molar-refractivity contribution in [2.24, 2.45) is 16.8 Å². The Kier molecular flexibility index (Phi) is 11.5. The highest BCUT2D eigenvalue weighted by molar-refractivity contribution is 6.47. The Morgan fingerprint density at radius 3 is 2.19 bits per heavy atom. The van der Waals surface area contributed by atoms with Crippen LogP contribution in [0.2, 0.25) is 10.0 Å². The monoisotopic (exact) mass is 611 g/mol. The lowest BCUT2D eigenvalue weighted by Gasteiger charge is -2.47. The molecule has 2 amide bonds. The number of carbonyl (C=O) groups is 2. The summed E-state index contributed by atoms with van der Waals surface area (Å²) in [6, 6.07) is 13.0. The molecule has 2 aromatic carbocycles. The van der Waals surface area contributed by atoms with Crippen molar-refractivity contribution in [3.05, 3.63) is 69.2 Å². The summed E-state index contributed by atoms with van der Waals surface area (Å²) in [5, 5.41) is 4.04. The average molecular weight is 613 g/mol. The summed E-state index contributed by atoms with van der Waals surface area (Å²) in [5.74, 6) is 0.766. The van der Waals surface area contributed by atoms with Gasteiger partial charge >= 0.3 is 0 Å². The van der Waals surface area contributed by atoms with Gasteiger partial charge in [-0.2, -0.15) is 0 Å². The van der Waals surface area contributed by atoms with Gasteiger partial charge in [0.15, 0.2) is 0 Å². The number of unbranched alkanes of at least 4 members (excludes halogenated alkanes) is 5. The Hall–Kier alpha value is -2.37. The molecule has 228 valence electrons. The lowest BCUT2D eigenvalue weighted by Crippen LogP contribution is -2.52. The summed E-state index contributed by atoms with van der Waals surface area (Å²) < 4.78 is 0. The molecular formula is C35H47Cl2N3O2. The van der Waals surface area contributed by atoms with Crippen LogP contribution in [0, 0.1) is 11.8 Å². The Labute approximate surface area is 262 Å². The standard InChI is InChI=1S/C35H47Cl2N3O2/c1-5-7-9-11-17-38-33(41)27-15-13-26(14-16-27)31(12-10-8-6-2)40-34(42)32(28-19-29(36)21-30(37)20-28)39-35(40)22-24(3)18-25(4)23-35/h13-16,19-21,24-25,31H,5-12,17-18,22-23H2,1-4H3,(H,38,41). The third-order valence-corrected chi connectivity index (χ3v) is 9.18. The summed E-state index contributed by atoms with van der Waals surface area (Å²) in [5.41, 5.74) is 2.19. The van der Waals surface area contributed by atoms with E-state index in [-0.39, 0.29) is 17.9 Å². The van der Waals surface area contributed by atoms with Gasteiger partial charge in [0.05, 0.1) is 6.04 Å². The molecule has 7 heteroatoms. The number of benzene rings is 2. The van der Waals surface area contributed by atoms with Crippen LogP contribution in [0.5, 0.6) is 0 Å². The molecule has 42 heavy (non-hydrogen) atoms. The molecular weight excluding hydrogens is 565 g/mol. The minimum atomic E-state index is -0.621. The van der Waals surface area contributed by atoms with Crippen molar-refractivity contribution in [3.8, 4) is 0 Å². The molecule has 1 fully saturated rings. The highest BCUT2D eigenvalue weighted by atomic mass is 35.5. The normalized spacial score (nSPS) is 22.9. The van der Waals surface area contributed by atoms with Gasteiger partial charge in [-0.05, 0) is 79.8 Å². The fourth-order valence-corrected chi connectivity index (χ4v) is 7.54. The van der Waals surface area contributed by atoms with Crippen molar-refractivity contribution in [3.63, 3.8) is 0 Å². The Bertz CT molecular complexity index is 1230. The van der Waals surface area contributed by atoms with Crippen LogP contribution in [0.3, 0.4) is 0 Å². The number of nitrogens with zero attached hydrogens (tertiary/aromatic N) is 2. The van der Waals surface area contributed by atoms with Gasteiger partial charge in [0.25, 0.3) is 11.8 Å². The molecule has 1 aliphatic heterocycles. The van der Waals surface area contributed by atoms with E-state index in [1.54, 1.807) is 18.2 Å². The van der Waals surface area contributed by atoms with E-state index in [9.17, 15) is 9.59 Å². The van der Waals surface area contributed by atoms with Crippen molar-refractivity contribution >= 4 is 40.7 Å². The van der Waals surface area contributed by atoms with E-state index < -0.39 is 5.66 Å². The molecule has 3 atom stereocenters. The Balaban J connectivity index is 1.68. The summed E-state index contributed by atoms with van der Waals surface area (Å²) in [6.45, 7) is 9.61. The number of halogens is 2. The second kappa shape index (κ2) is 14.9. The molecule has 0 radical (unpaired) electrons. The van der Waals surface area contributed by atoms with Gasteiger partial charge in [-0.3, -0.25) is 14.6 Å². The number of amides is 2. The van der Waals surface area contributed by atoms with E-state index in [1.807, 2.05) is 24.3 Å². The highest BCUT2D eigenvalue weighted by Gasteiger charge is 2.53. The van der Waals surface area contributed by atoms with Gasteiger partial charge in [0, 0.05) is 27.7 Å². The molecule has 3 unspecified atom stereocenters. The molecule has 0 bridgehead atoms. The summed E-state index contributed by atoms with van der Waals surface area (Å²) in [4.78, 5) is 34.7. The average Bonchev–Trinajstić information content (AvgIpc) is 3.20. The van der Waals surface area contributed by atoms with Crippen LogP contribution in [-0.4, -0.2) is 34.6 Å². The topological polar surface area (TPSA) is 61.8 Å². The SMILES string of the molecule is CCCCCCNC(=O)c1ccc(C(CCCCC)N2C(=O)C(c3cc(Cl)cc(Cl)c3)=NC23CC(C)CC(C)C3)cc1. The van der Waals surface area contributed by atoms with Gasteiger partial charge in [0.1, 0.15) is 11.4 Å². The minimum absolute atomic E-state index is 0.0484. The van der Waals surface area contributed by atoms with E-state index >= 15 is 0 Å². The fraction of sp³-hybridized carbons (Fsp3) is 0.571. The molecule has 2 aromatic rings. The third-order valence-electron chi connectivity index (χ3n) is 8.75. The van der Waals surface area contributed by atoms with Crippen molar-refractivity contribution in [1.82, 2.24) is 10.2 Å². The van der Waals surface area contributed by atoms with Crippen LogP contribution >= 0.6 is 23.2 Å². The smallest absolute Gasteiger partial charge is 0.275 e. The first-order valence-corrected chi connectivity index (χ1v) is 16.7. The molecule has 4 rings (SSSR count). The van der Waals surface area contributed by atoms with Gasteiger partial charge < -0.3 is 10.2 Å². The van der Waals surface area contributed by atoms with Crippen LogP contribution in [0.25, 0.3) is 0 Å². The van der Waals surface area contributed by atoms with Crippen LogP contribution in [0.1, 0.15) is 126 Å². The number of hydrogen-bond acceptors (Lipinski definition) is 3. The number of aliphatic imine (C=N–C) groups is 1. The maximum absolute atomic E-state index is 14.5. The predicted octanol–water partition coefficient (Wildman–Crippen LogP) is 9.41. The van der Waals surface area contributed by atoms with Gasteiger partial charge in [-0.1, -0.05) is 102 Å². The number of hydrogen-bond donors (Lipinski definition) is 1. The largest absolute Gasteiger partial charge is 0.352 e. The molecule has 1 N–H and O–H groups in total. The Morgan fingerprint density at radius 1 is 0.952 bits per heavy atom. The van der Waals surface area contributed by atoms with E-state index in [0.29, 0.717) is 45.3 Å². The molecule has 1 heterocycles. The molecule has 1 saturated carbocycles. The Morgan fingerprint density at radius 2 is 1.57 bits per heavy atom. The predicted molar refractivity (Wildman–Crippen MR) is 175 cm³/mol. The van der Waals surface area contributed by atoms with Crippen LogP contribution < -0.4 is 5.32 Å². The minimum Gasteiger partial charge on any atom is -0.352 e. The second-order valence-corrected chi connectivity index (χ2v) is 13.5. The number of rotatable bonds is 13. The molecule has 0 aromatic heterocycles. The summed E-state index contributed by atoms with van der Waals surface area (Å²) in [7, 11) is 0. The van der Waals surface area contributed by atoms with Crippen molar-refractivity contribution < 1.29 is 9.59 Å². The third kappa shape index (κ3) is 7.77. The van der Waals surface area contributed by atoms with Crippen molar-refractivity contribution in [2.45, 2.75) is 110 Å². The van der Waals surface area contributed by atoms with Crippen LogP contribution in [0.4, 0.5) is 0 Å². The zero-order valence-corrected chi connectivity index (χ0v) is 27.2. The maximum atomic E-state index is 14.5.